The number of hydrogen-bond donors (Lipinski definition) is 2. The molecule has 0 aliphatic carbocycles. The van der Waals surface area contributed by atoms with Gasteiger partial charge in [0.2, 0.25) is 5.91 Å². The van der Waals surface area contributed by atoms with E-state index in [0.717, 1.165) is 50.4 Å². The second kappa shape index (κ2) is 12.2. The van der Waals surface area contributed by atoms with Crippen molar-refractivity contribution in [2.75, 3.05) is 29.9 Å². The summed E-state index contributed by atoms with van der Waals surface area (Å²) >= 11 is 0. The average Bonchev–Trinajstić information content (AvgIpc) is 3.17. The number of nitrogens with one attached hydrogen (secondary N) is 2. The number of aromatic nitrogens is 4. The Bertz CT molecular complexity index is 955. The summed E-state index contributed by atoms with van der Waals surface area (Å²) in [6, 6.07) is 0.487. The van der Waals surface area contributed by atoms with E-state index < -0.39 is 0 Å². The van der Waals surface area contributed by atoms with Crippen LogP contribution in [-0.2, 0) is 11.3 Å². The molecule has 2 aliphatic heterocycles. The first-order chi connectivity index (χ1) is 15.3. The Labute approximate surface area is 215 Å². The van der Waals surface area contributed by atoms with Crippen LogP contribution in [0.15, 0.2) is 12.5 Å². The van der Waals surface area contributed by atoms with Gasteiger partial charge in [-0.25, -0.2) is 15.0 Å². The minimum atomic E-state index is 0. The highest BCUT2D eigenvalue weighted by atomic mass is 35.5. The number of piperidine rings is 1. The van der Waals surface area contributed by atoms with Crippen molar-refractivity contribution in [2.24, 2.45) is 0 Å². The molecule has 2 N–H and O–H groups in total. The van der Waals surface area contributed by atoms with Crippen LogP contribution < -0.4 is 15.5 Å². The molecule has 1 fully saturated rings. The quantitative estimate of drug-likeness (QED) is 0.569. The van der Waals surface area contributed by atoms with Crippen LogP contribution in [0.4, 0.5) is 11.6 Å². The lowest BCUT2D eigenvalue weighted by Crippen LogP contribution is -2.36. The molecule has 1 saturated heterocycles. The SMILES string of the molecule is CC(C)NCCn1cc(C(C)C)nc1C1CCN(c2ncnc3c2C(C)CC(=O)N3)CC1.Cl.Cl. The van der Waals surface area contributed by atoms with Gasteiger partial charge in [0.05, 0.1) is 5.69 Å². The molecule has 0 saturated carbocycles. The van der Waals surface area contributed by atoms with E-state index in [0.29, 0.717) is 30.1 Å². The highest BCUT2D eigenvalue weighted by Gasteiger charge is 2.31. The van der Waals surface area contributed by atoms with Crippen molar-refractivity contribution >= 4 is 42.4 Å². The number of carbonyl (C=O) groups excluding carboxylic acids is 1. The van der Waals surface area contributed by atoms with Crippen LogP contribution in [0.5, 0.6) is 0 Å². The molecule has 2 aliphatic rings. The molecule has 0 radical (unpaired) electrons. The molecule has 1 amide bonds. The smallest absolute Gasteiger partial charge is 0.226 e. The molecule has 10 heteroatoms. The Balaban J connectivity index is 0.00000204. The number of fused-ring (bicyclic) bond motifs is 1. The second-order valence-corrected chi connectivity index (χ2v) is 9.86. The standard InChI is InChI=1S/C24H37N7O.2ClH/c1-15(2)19-13-31(11-8-25-16(3)4)23(28-19)18-6-9-30(10-7-18)24-21-17(5)12-20(32)29-22(21)26-14-27-24;;/h13-18,25H,6-12H2,1-5H3,(H,26,27,29,32);2*1H. The second-order valence-electron chi connectivity index (χ2n) is 9.86. The Morgan fingerprint density at radius 3 is 2.50 bits per heavy atom. The molecule has 190 valence electrons. The third-order valence-corrected chi connectivity index (χ3v) is 6.59. The number of nitrogens with zero attached hydrogens (tertiary/aromatic N) is 5. The lowest BCUT2D eigenvalue weighted by Gasteiger charge is -2.35. The van der Waals surface area contributed by atoms with Gasteiger partial charge in [-0.05, 0) is 24.7 Å². The fourth-order valence-corrected chi connectivity index (χ4v) is 4.81. The fraction of sp³-hybridized carbons (Fsp3) is 0.667. The minimum absolute atomic E-state index is 0. The molecule has 1 unspecified atom stereocenters. The first kappa shape index (κ1) is 28.3. The maximum absolute atomic E-state index is 11.9. The van der Waals surface area contributed by atoms with Crippen LogP contribution in [0.3, 0.4) is 0 Å². The van der Waals surface area contributed by atoms with Gasteiger partial charge in [-0.2, -0.15) is 0 Å². The number of halogens is 2. The highest BCUT2D eigenvalue weighted by Crippen LogP contribution is 2.38. The topological polar surface area (TPSA) is 88.0 Å². The summed E-state index contributed by atoms with van der Waals surface area (Å²) in [5, 5.41) is 6.44. The lowest BCUT2D eigenvalue weighted by molar-refractivity contribution is -0.116. The third-order valence-electron chi connectivity index (χ3n) is 6.59. The van der Waals surface area contributed by atoms with E-state index in [1.165, 1.54) is 11.5 Å². The van der Waals surface area contributed by atoms with Gasteiger partial charge in [0.15, 0.2) is 0 Å². The number of carbonyl (C=O) groups is 1. The van der Waals surface area contributed by atoms with Crippen molar-refractivity contribution in [1.29, 1.82) is 0 Å². The first-order valence-corrected chi connectivity index (χ1v) is 12.0. The summed E-state index contributed by atoms with van der Waals surface area (Å²) in [6.45, 7) is 14.6. The molecule has 2 aromatic rings. The number of imidazole rings is 1. The van der Waals surface area contributed by atoms with Gasteiger partial charge >= 0.3 is 0 Å². The van der Waals surface area contributed by atoms with Gasteiger partial charge in [-0.1, -0.05) is 34.6 Å². The van der Waals surface area contributed by atoms with Gasteiger partial charge < -0.3 is 20.1 Å². The summed E-state index contributed by atoms with van der Waals surface area (Å²) in [6.07, 6.45) is 6.41. The average molecular weight is 513 g/mol. The van der Waals surface area contributed by atoms with Crippen molar-refractivity contribution in [3.05, 3.63) is 29.6 Å². The van der Waals surface area contributed by atoms with E-state index in [9.17, 15) is 4.79 Å². The Hall–Kier alpha value is -1.90. The summed E-state index contributed by atoms with van der Waals surface area (Å²) in [4.78, 5) is 28.3. The highest BCUT2D eigenvalue weighted by molar-refractivity contribution is 5.94. The minimum Gasteiger partial charge on any atom is -0.356 e. The van der Waals surface area contributed by atoms with E-state index in [1.54, 1.807) is 6.33 Å². The molecular weight excluding hydrogens is 473 g/mol. The van der Waals surface area contributed by atoms with Gasteiger partial charge in [0.25, 0.3) is 0 Å². The molecule has 8 nitrogen and oxygen atoms in total. The predicted octanol–water partition coefficient (Wildman–Crippen LogP) is 4.47. The van der Waals surface area contributed by atoms with Crippen molar-refractivity contribution < 1.29 is 4.79 Å². The molecule has 0 aromatic carbocycles. The molecule has 1 atom stereocenters. The van der Waals surface area contributed by atoms with E-state index in [4.69, 9.17) is 4.98 Å². The fourth-order valence-electron chi connectivity index (χ4n) is 4.81. The number of hydrogen-bond acceptors (Lipinski definition) is 6. The lowest BCUT2D eigenvalue weighted by atomic mass is 9.92. The predicted molar refractivity (Wildman–Crippen MR) is 142 cm³/mol. The summed E-state index contributed by atoms with van der Waals surface area (Å²) in [5.74, 6) is 3.93. The molecule has 2 aromatic heterocycles. The van der Waals surface area contributed by atoms with Gasteiger partial charge in [-0.15, -0.1) is 24.8 Å². The molecular formula is C24H39Cl2N7O. The Morgan fingerprint density at radius 1 is 1.15 bits per heavy atom. The molecule has 34 heavy (non-hydrogen) atoms. The summed E-state index contributed by atoms with van der Waals surface area (Å²) in [7, 11) is 0. The van der Waals surface area contributed by atoms with Crippen LogP contribution in [0.1, 0.15) is 88.7 Å². The van der Waals surface area contributed by atoms with Crippen molar-refractivity contribution in [3.63, 3.8) is 0 Å². The van der Waals surface area contributed by atoms with Crippen LogP contribution in [0, 0.1) is 0 Å². The Morgan fingerprint density at radius 2 is 1.85 bits per heavy atom. The largest absolute Gasteiger partial charge is 0.356 e. The number of rotatable bonds is 7. The third kappa shape index (κ3) is 6.20. The van der Waals surface area contributed by atoms with Gasteiger partial charge in [0, 0.05) is 56.3 Å². The first-order valence-electron chi connectivity index (χ1n) is 12.0. The molecule has 4 heterocycles. The van der Waals surface area contributed by atoms with Crippen LogP contribution in [-0.4, -0.2) is 51.1 Å². The van der Waals surface area contributed by atoms with E-state index in [-0.39, 0.29) is 36.6 Å². The number of amides is 1. The van der Waals surface area contributed by atoms with Gasteiger partial charge in [0.1, 0.15) is 23.8 Å². The molecule has 0 bridgehead atoms. The molecule has 0 spiro atoms. The summed E-state index contributed by atoms with van der Waals surface area (Å²) in [5.41, 5.74) is 2.26. The van der Waals surface area contributed by atoms with E-state index >= 15 is 0 Å². The van der Waals surface area contributed by atoms with Crippen LogP contribution in [0.2, 0.25) is 0 Å². The molecule has 4 rings (SSSR count). The van der Waals surface area contributed by atoms with Crippen molar-refractivity contribution in [3.8, 4) is 0 Å². The zero-order chi connectivity index (χ0) is 22.8. The zero-order valence-electron chi connectivity index (χ0n) is 20.9. The van der Waals surface area contributed by atoms with E-state index in [2.05, 4.69) is 70.9 Å². The monoisotopic (exact) mass is 511 g/mol. The van der Waals surface area contributed by atoms with Crippen molar-refractivity contribution in [1.82, 2.24) is 24.8 Å². The van der Waals surface area contributed by atoms with Crippen LogP contribution >= 0.6 is 24.8 Å². The van der Waals surface area contributed by atoms with E-state index in [1.807, 2.05) is 0 Å². The summed E-state index contributed by atoms with van der Waals surface area (Å²) < 4.78 is 2.37. The maximum Gasteiger partial charge on any atom is 0.226 e. The van der Waals surface area contributed by atoms with Crippen molar-refractivity contribution in [2.45, 2.75) is 84.2 Å². The van der Waals surface area contributed by atoms with Gasteiger partial charge in [-0.3, -0.25) is 4.79 Å². The normalized spacial score (nSPS) is 18.4. The zero-order valence-corrected chi connectivity index (χ0v) is 22.5. The van der Waals surface area contributed by atoms with Crippen LogP contribution in [0.25, 0.3) is 0 Å². The maximum atomic E-state index is 11.9. The number of anilines is 2. The Kier molecular flexibility index (Phi) is 10.2.